The number of aromatic nitrogens is 1. The summed E-state index contributed by atoms with van der Waals surface area (Å²) < 4.78 is 7.00. The van der Waals surface area contributed by atoms with Gasteiger partial charge in [0.2, 0.25) is 0 Å². The summed E-state index contributed by atoms with van der Waals surface area (Å²) in [5, 5.41) is 9.92. The maximum absolute atomic E-state index is 11.1. The number of fused-ring (bicyclic) bond motifs is 1. The van der Waals surface area contributed by atoms with E-state index in [0.29, 0.717) is 6.04 Å². The van der Waals surface area contributed by atoms with Gasteiger partial charge >= 0.3 is 5.97 Å². The van der Waals surface area contributed by atoms with E-state index in [0.717, 1.165) is 47.1 Å². The van der Waals surface area contributed by atoms with Gasteiger partial charge in [0.25, 0.3) is 0 Å². The first-order valence-corrected chi connectivity index (χ1v) is 8.69. The van der Waals surface area contributed by atoms with Crippen LogP contribution in [0.25, 0.3) is 10.9 Å². The van der Waals surface area contributed by atoms with Gasteiger partial charge in [-0.25, -0.2) is 4.79 Å². The second-order valence-corrected chi connectivity index (χ2v) is 7.16. The molecule has 0 bridgehead atoms. The average molecular weight is 418 g/mol. The number of rotatable bonds is 4. The van der Waals surface area contributed by atoms with Crippen molar-refractivity contribution in [2.75, 3.05) is 13.1 Å². The zero-order chi connectivity index (χ0) is 16.6. The van der Waals surface area contributed by atoms with Crippen molar-refractivity contribution in [1.82, 2.24) is 9.88 Å². The van der Waals surface area contributed by atoms with Crippen molar-refractivity contribution < 1.29 is 14.6 Å². The number of ether oxygens (including phenoxy) is 1. The molecule has 0 unspecified atom stereocenters. The van der Waals surface area contributed by atoms with Crippen LogP contribution in [-0.4, -0.2) is 46.2 Å². The lowest BCUT2D eigenvalue weighted by molar-refractivity contribution is 0.0691. The summed E-state index contributed by atoms with van der Waals surface area (Å²) in [6, 6.07) is 5.99. The van der Waals surface area contributed by atoms with Gasteiger partial charge in [-0.05, 0) is 60.8 Å². The van der Waals surface area contributed by atoms with Crippen molar-refractivity contribution in [1.29, 1.82) is 0 Å². The zero-order valence-corrected chi connectivity index (χ0v) is 16.1. The molecule has 132 valence electrons. The average Bonchev–Trinajstić information content (AvgIpc) is 2.91. The van der Waals surface area contributed by atoms with E-state index in [1.807, 2.05) is 12.1 Å². The number of nitrogens with one attached hydrogen (secondary N) is 1. The molecular formula is C17H22BrClN2O3. The second-order valence-electron chi connectivity index (χ2n) is 6.30. The number of piperidine rings is 1. The normalized spacial score (nSPS) is 16.3. The molecule has 1 aromatic carbocycles. The highest BCUT2D eigenvalue weighted by Gasteiger charge is 2.23. The fourth-order valence-corrected chi connectivity index (χ4v) is 3.47. The van der Waals surface area contributed by atoms with Gasteiger partial charge < -0.3 is 19.7 Å². The van der Waals surface area contributed by atoms with Gasteiger partial charge in [0.1, 0.15) is 17.5 Å². The molecule has 1 aliphatic heterocycles. The van der Waals surface area contributed by atoms with Crippen molar-refractivity contribution in [2.24, 2.45) is 0 Å². The molecule has 0 saturated carbocycles. The molecule has 0 spiro atoms. The molecule has 1 saturated heterocycles. The maximum atomic E-state index is 11.1. The molecule has 5 nitrogen and oxygen atoms in total. The number of hydrogen-bond acceptors (Lipinski definition) is 3. The van der Waals surface area contributed by atoms with Gasteiger partial charge in [-0.2, -0.15) is 0 Å². The fourth-order valence-electron chi connectivity index (χ4n) is 3.03. The van der Waals surface area contributed by atoms with E-state index < -0.39 is 5.97 Å². The van der Waals surface area contributed by atoms with Gasteiger partial charge in [0, 0.05) is 30.0 Å². The largest absolute Gasteiger partial charge is 0.489 e. The van der Waals surface area contributed by atoms with E-state index in [4.69, 9.17) is 9.84 Å². The number of nitrogens with zero attached hydrogens (tertiary/aromatic N) is 1. The monoisotopic (exact) mass is 416 g/mol. The van der Waals surface area contributed by atoms with Crippen LogP contribution < -0.4 is 4.74 Å². The van der Waals surface area contributed by atoms with E-state index in [1.54, 1.807) is 6.07 Å². The van der Waals surface area contributed by atoms with E-state index >= 15 is 0 Å². The molecule has 1 aliphatic rings. The number of hydrogen-bond donors (Lipinski definition) is 2. The van der Waals surface area contributed by atoms with Crippen molar-refractivity contribution in [3.8, 4) is 5.75 Å². The molecule has 0 aliphatic carbocycles. The molecule has 2 heterocycles. The minimum absolute atomic E-state index is 0. The van der Waals surface area contributed by atoms with Gasteiger partial charge in [0.05, 0.1) is 4.47 Å². The van der Waals surface area contributed by atoms with E-state index in [-0.39, 0.29) is 24.2 Å². The SMILES string of the molecule is CC(C)N1CCC(Oc2cc3cc(C(=O)O)[nH]c3cc2Br)CC1.Cl. The van der Waals surface area contributed by atoms with Gasteiger partial charge in [-0.1, -0.05) is 0 Å². The van der Waals surface area contributed by atoms with Crippen LogP contribution in [0, 0.1) is 0 Å². The van der Waals surface area contributed by atoms with E-state index in [2.05, 4.69) is 39.7 Å². The lowest BCUT2D eigenvalue weighted by Gasteiger charge is -2.34. The minimum Gasteiger partial charge on any atom is -0.489 e. The summed E-state index contributed by atoms with van der Waals surface area (Å²) in [6.07, 6.45) is 2.23. The highest BCUT2D eigenvalue weighted by atomic mass is 79.9. The molecule has 0 amide bonds. The Kier molecular flexibility index (Phi) is 6.17. The number of halogens is 2. The molecular weight excluding hydrogens is 396 g/mol. The lowest BCUT2D eigenvalue weighted by Crippen LogP contribution is -2.41. The highest BCUT2D eigenvalue weighted by Crippen LogP contribution is 2.32. The summed E-state index contributed by atoms with van der Waals surface area (Å²) >= 11 is 3.52. The van der Waals surface area contributed by atoms with Gasteiger partial charge in [-0.3, -0.25) is 0 Å². The lowest BCUT2D eigenvalue weighted by atomic mass is 10.1. The Bertz CT molecular complexity index is 724. The predicted molar refractivity (Wildman–Crippen MR) is 101 cm³/mol. The topological polar surface area (TPSA) is 65.6 Å². The summed E-state index contributed by atoms with van der Waals surface area (Å²) in [6.45, 7) is 6.54. The molecule has 24 heavy (non-hydrogen) atoms. The molecule has 0 atom stereocenters. The summed E-state index contributed by atoms with van der Waals surface area (Å²) in [5.74, 6) is -0.183. The standard InChI is InChI=1S/C17H21BrN2O3.ClH/c1-10(2)20-5-3-12(4-6-20)23-16-8-11-7-15(17(21)22)19-14(11)9-13(16)18;/h7-10,12,19H,3-6H2,1-2H3,(H,21,22);1H. The van der Waals surface area contributed by atoms with Crippen LogP contribution in [-0.2, 0) is 0 Å². The highest BCUT2D eigenvalue weighted by molar-refractivity contribution is 9.10. The Morgan fingerprint density at radius 2 is 2.00 bits per heavy atom. The molecule has 2 N–H and O–H groups in total. The van der Waals surface area contributed by atoms with Crippen LogP contribution in [0.3, 0.4) is 0 Å². The number of aromatic amines is 1. The third-order valence-electron chi connectivity index (χ3n) is 4.40. The first kappa shape index (κ1) is 19.1. The van der Waals surface area contributed by atoms with Crippen LogP contribution in [0.15, 0.2) is 22.7 Å². The Morgan fingerprint density at radius 1 is 1.33 bits per heavy atom. The smallest absolute Gasteiger partial charge is 0.352 e. The van der Waals surface area contributed by atoms with Gasteiger partial charge in [-0.15, -0.1) is 12.4 Å². The Hall–Kier alpha value is -1.24. The van der Waals surface area contributed by atoms with Crippen LogP contribution in [0.1, 0.15) is 37.2 Å². The first-order valence-electron chi connectivity index (χ1n) is 7.90. The molecule has 3 rings (SSSR count). The fraction of sp³-hybridized carbons (Fsp3) is 0.471. The number of carbonyl (C=O) groups is 1. The number of likely N-dealkylation sites (tertiary alicyclic amines) is 1. The first-order chi connectivity index (χ1) is 10.9. The number of H-pyrrole nitrogens is 1. The maximum Gasteiger partial charge on any atom is 0.352 e. The second kappa shape index (κ2) is 7.76. The van der Waals surface area contributed by atoms with Crippen LogP contribution in [0.5, 0.6) is 5.75 Å². The molecule has 0 radical (unpaired) electrons. The van der Waals surface area contributed by atoms with Crippen LogP contribution in [0.4, 0.5) is 0 Å². The van der Waals surface area contributed by atoms with Gasteiger partial charge in [0.15, 0.2) is 0 Å². The molecule has 1 fully saturated rings. The zero-order valence-electron chi connectivity index (χ0n) is 13.7. The molecule has 2 aromatic rings. The summed E-state index contributed by atoms with van der Waals surface area (Å²) in [4.78, 5) is 16.4. The molecule has 7 heteroatoms. The Balaban J connectivity index is 0.00000208. The number of benzene rings is 1. The minimum atomic E-state index is -0.958. The number of carboxylic acid groups (broad SMARTS) is 1. The number of carboxylic acids is 1. The van der Waals surface area contributed by atoms with Crippen LogP contribution in [0.2, 0.25) is 0 Å². The third-order valence-corrected chi connectivity index (χ3v) is 5.02. The van der Waals surface area contributed by atoms with Crippen molar-refractivity contribution in [3.05, 3.63) is 28.4 Å². The predicted octanol–water partition coefficient (Wildman–Crippen LogP) is 4.30. The van der Waals surface area contributed by atoms with E-state index in [9.17, 15) is 4.79 Å². The van der Waals surface area contributed by atoms with E-state index in [1.165, 1.54) is 0 Å². The Labute approximate surface area is 155 Å². The Morgan fingerprint density at radius 3 is 2.58 bits per heavy atom. The van der Waals surface area contributed by atoms with Crippen molar-refractivity contribution in [2.45, 2.75) is 38.8 Å². The number of aromatic carboxylic acids is 1. The van der Waals surface area contributed by atoms with Crippen molar-refractivity contribution in [3.63, 3.8) is 0 Å². The molecule has 1 aromatic heterocycles. The van der Waals surface area contributed by atoms with Crippen molar-refractivity contribution >= 4 is 45.2 Å². The van der Waals surface area contributed by atoms with Crippen LogP contribution >= 0.6 is 28.3 Å². The third kappa shape index (κ3) is 4.05. The summed E-state index contributed by atoms with van der Waals surface area (Å²) in [5.41, 5.74) is 0.977. The summed E-state index contributed by atoms with van der Waals surface area (Å²) in [7, 11) is 0. The quantitative estimate of drug-likeness (QED) is 0.778.